The quantitative estimate of drug-likeness (QED) is 0.661. The molecule has 3 rings (SSSR count). The van der Waals surface area contributed by atoms with Crippen molar-refractivity contribution >= 4 is 23.4 Å². The number of nitrogens with one attached hydrogen (secondary N) is 1. The maximum absolute atomic E-state index is 13.1. The van der Waals surface area contributed by atoms with E-state index in [0.29, 0.717) is 25.2 Å². The predicted molar refractivity (Wildman–Crippen MR) is 114 cm³/mol. The first-order valence-electron chi connectivity index (χ1n) is 9.68. The van der Waals surface area contributed by atoms with E-state index in [9.17, 15) is 9.18 Å². The molecule has 1 aliphatic heterocycles. The lowest BCUT2D eigenvalue weighted by atomic mass is 10.1. The third-order valence-corrected chi connectivity index (χ3v) is 5.63. The molecule has 0 spiro atoms. The van der Waals surface area contributed by atoms with Gasteiger partial charge in [0.15, 0.2) is 0 Å². The summed E-state index contributed by atoms with van der Waals surface area (Å²) < 4.78 is 18.6. The first kappa shape index (κ1) is 20.7. The molecular weight excluding hydrogens is 375 g/mol. The van der Waals surface area contributed by atoms with E-state index in [0.717, 1.165) is 30.9 Å². The fourth-order valence-electron chi connectivity index (χ4n) is 3.17. The van der Waals surface area contributed by atoms with Crippen molar-refractivity contribution < 1.29 is 13.9 Å². The molecule has 1 saturated heterocycles. The molecule has 1 fully saturated rings. The summed E-state index contributed by atoms with van der Waals surface area (Å²) in [6, 6.07) is 12.3. The Morgan fingerprint density at radius 3 is 2.79 bits per heavy atom. The fourth-order valence-corrected chi connectivity index (χ4v) is 4.15. The van der Waals surface area contributed by atoms with E-state index in [4.69, 9.17) is 4.74 Å². The van der Waals surface area contributed by atoms with Crippen molar-refractivity contribution in [2.45, 2.75) is 26.3 Å². The summed E-state index contributed by atoms with van der Waals surface area (Å²) in [5.41, 5.74) is 3.22. The highest BCUT2D eigenvalue weighted by Crippen LogP contribution is 2.20. The lowest BCUT2D eigenvalue weighted by Crippen LogP contribution is -2.31. The third-order valence-electron chi connectivity index (χ3n) is 4.69. The number of benzene rings is 2. The molecule has 0 unspecified atom stereocenters. The number of rotatable bonds is 8. The molecule has 2 aromatic rings. The summed E-state index contributed by atoms with van der Waals surface area (Å²) >= 11 is 2.01. The van der Waals surface area contributed by atoms with Crippen LogP contribution in [0.25, 0.3) is 0 Å². The van der Waals surface area contributed by atoms with Gasteiger partial charge in [-0.25, -0.2) is 4.39 Å². The Morgan fingerprint density at radius 2 is 2.04 bits per heavy atom. The van der Waals surface area contributed by atoms with Crippen molar-refractivity contribution in [3.05, 3.63) is 59.4 Å². The van der Waals surface area contributed by atoms with Crippen LogP contribution in [0, 0.1) is 12.7 Å². The van der Waals surface area contributed by atoms with Crippen LogP contribution in [-0.2, 0) is 11.3 Å². The zero-order chi connectivity index (χ0) is 19.8. The molecule has 1 amide bonds. The van der Waals surface area contributed by atoms with Gasteiger partial charge in [-0.05, 0) is 42.7 Å². The number of nitrogens with zero attached hydrogens (tertiary/aromatic N) is 1. The van der Waals surface area contributed by atoms with Gasteiger partial charge in [-0.1, -0.05) is 18.2 Å². The van der Waals surface area contributed by atoms with Crippen molar-refractivity contribution in [3.8, 4) is 5.75 Å². The second kappa shape index (κ2) is 10.5. The van der Waals surface area contributed by atoms with Crippen molar-refractivity contribution in [2.75, 3.05) is 36.5 Å². The average Bonchev–Trinajstić information content (AvgIpc) is 2.68. The number of carbonyl (C=O) groups excluding carboxylic acids is 1. The zero-order valence-electron chi connectivity index (χ0n) is 16.2. The molecule has 1 heterocycles. The second-order valence-electron chi connectivity index (χ2n) is 7.00. The van der Waals surface area contributed by atoms with Crippen LogP contribution in [0.3, 0.4) is 0 Å². The summed E-state index contributed by atoms with van der Waals surface area (Å²) in [5.74, 6) is 2.53. The topological polar surface area (TPSA) is 41.6 Å². The fraction of sp³-hybridized carbons (Fsp3) is 0.409. The molecule has 0 bridgehead atoms. The lowest BCUT2D eigenvalue weighted by molar-refractivity contribution is -0.116. The van der Waals surface area contributed by atoms with Crippen LogP contribution < -0.4 is 10.1 Å². The molecule has 6 heteroatoms. The van der Waals surface area contributed by atoms with Gasteiger partial charge in [0.25, 0.3) is 0 Å². The molecule has 150 valence electrons. The maximum Gasteiger partial charge on any atom is 0.224 e. The van der Waals surface area contributed by atoms with E-state index in [1.54, 1.807) is 12.1 Å². The van der Waals surface area contributed by atoms with E-state index < -0.39 is 0 Å². The van der Waals surface area contributed by atoms with Crippen LogP contribution in [0.4, 0.5) is 10.1 Å². The highest BCUT2D eigenvalue weighted by atomic mass is 32.2. The van der Waals surface area contributed by atoms with Gasteiger partial charge in [0.05, 0.1) is 6.61 Å². The van der Waals surface area contributed by atoms with E-state index in [-0.39, 0.29) is 11.7 Å². The number of amides is 1. The molecular formula is C22H27FN2O2S. The summed E-state index contributed by atoms with van der Waals surface area (Å²) in [7, 11) is 0. The van der Waals surface area contributed by atoms with E-state index in [1.807, 2.05) is 24.8 Å². The van der Waals surface area contributed by atoms with Gasteiger partial charge in [-0.3, -0.25) is 9.69 Å². The smallest absolute Gasteiger partial charge is 0.224 e. The predicted octanol–water partition coefficient (Wildman–Crippen LogP) is 4.48. The zero-order valence-corrected chi connectivity index (χ0v) is 17.1. The van der Waals surface area contributed by atoms with Crippen LogP contribution in [0.1, 0.15) is 24.0 Å². The van der Waals surface area contributed by atoms with Gasteiger partial charge >= 0.3 is 0 Å². The Hall–Kier alpha value is -2.05. The first-order valence-corrected chi connectivity index (χ1v) is 10.8. The van der Waals surface area contributed by atoms with E-state index >= 15 is 0 Å². The normalized spacial score (nSPS) is 14.6. The van der Waals surface area contributed by atoms with E-state index in [1.165, 1.54) is 29.2 Å². The number of hydrogen-bond donors (Lipinski definition) is 1. The van der Waals surface area contributed by atoms with E-state index in [2.05, 4.69) is 22.3 Å². The molecule has 0 aromatic heterocycles. The Labute approximate surface area is 170 Å². The molecule has 2 aromatic carbocycles. The SMILES string of the molecule is Cc1cc(CN2CCSCC2)ccc1NC(=O)CCCOc1cccc(F)c1. The Morgan fingerprint density at radius 1 is 1.21 bits per heavy atom. The van der Waals surface area contributed by atoms with Crippen LogP contribution in [-0.4, -0.2) is 42.0 Å². The van der Waals surface area contributed by atoms with Crippen LogP contribution in [0.5, 0.6) is 5.75 Å². The molecule has 28 heavy (non-hydrogen) atoms. The van der Waals surface area contributed by atoms with Crippen molar-refractivity contribution in [1.29, 1.82) is 0 Å². The molecule has 0 saturated carbocycles. The molecule has 1 N–H and O–H groups in total. The number of anilines is 1. The van der Waals surface area contributed by atoms with Gasteiger partial charge < -0.3 is 10.1 Å². The minimum absolute atomic E-state index is 0.0354. The monoisotopic (exact) mass is 402 g/mol. The van der Waals surface area contributed by atoms with Gasteiger partial charge in [-0.15, -0.1) is 0 Å². The standard InChI is InChI=1S/C22H27FN2O2S/c1-17-14-18(16-25-9-12-28-13-10-25)7-8-21(17)24-22(26)6-3-11-27-20-5-2-4-19(23)15-20/h2,4-5,7-8,14-15H,3,6,9-13,16H2,1H3,(H,24,26). The van der Waals surface area contributed by atoms with Crippen LogP contribution in [0.2, 0.25) is 0 Å². The number of carbonyl (C=O) groups is 1. The number of aryl methyl sites for hydroxylation is 1. The summed E-state index contributed by atoms with van der Waals surface area (Å²) in [6.07, 6.45) is 0.939. The van der Waals surface area contributed by atoms with Crippen molar-refractivity contribution in [2.24, 2.45) is 0 Å². The van der Waals surface area contributed by atoms with Gasteiger partial charge in [0, 0.05) is 49.3 Å². The second-order valence-corrected chi connectivity index (χ2v) is 8.22. The molecule has 1 aliphatic rings. The summed E-state index contributed by atoms with van der Waals surface area (Å²) in [6.45, 7) is 5.65. The lowest BCUT2D eigenvalue weighted by Gasteiger charge is -2.26. The first-order chi connectivity index (χ1) is 13.6. The largest absolute Gasteiger partial charge is 0.493 e. The Kier molecular flexibility index (Phi) is 7.74. The highest BCUT2D eigenvalue weighted by Gasteiger charge is 2.12. The summed E-state index contributed by atoms with van der Waals surface area (Å²) in [4.78, 5) is 14.7. The van der Waals surface area contributed by atoms with Gasteiger partial charge in [0.2, 0.25) is 5.91 Å². The third kappa shape index (κ3) is 6.53. The minimum atomic E-state index is -0.326. The summed E-state index contributed by atoms with van der Waals surface area (Å²) in [5, 5.41) is 2.98. The van der Waals surface area contributed by atoms with Crippen LogP contribution in [0.15, 0.2) is 42.5 Å². The minimum Gasteiger partial charge on any atom is -0.493 e. The molecule has 4 nitrogen and oxygen atoms in total. The average molecular weight is 403 g/mol. The number of thioether (sulfide) groups is 1. The Balaban J connectivity index is 1.41. The number of hydrogen-bond acceptors (Lipinski definition) is 4. The highest BCUT2D eigenvalue weighted by molar-refractivity contribution is 7.99. The molecule has 0 radical (unpaired) electrons. The molecule has 0 aliphatic carbocycles. The number of halogens is 1. The van der Waals surface area contributed by atoms with Crippen LogP contribution >= 0.6 is 11.8 Å². The molecule has 0 atom stereocenters. The Bertz CT molecular complexity index is 794. The maximum atomic E-state index is 13.1. The van der Waals surface area contributed by atoms with Crippen molar-refractivity contribution in [1.82, 2.24) is 4.90 Å². The number of ether oxygens (including phenoxy) is 1. The van der Waals surface area contributed by atoms with Gasteiger partial charge in [0.1, 0.15) is 11.6 Å². The van der Waals surface area contributed by atoms with Gasteiger partial charge in [-0.2, -0.15) is 11.8 Å². The van der Waals surface area contributed by atoms with Crippen molar-refractivity contribution in [3.63, 3.8) is 0 Å².